The van der Waals surface area contributed by atoms with Crippen LogP contribution in [0.3, 0.4) is 0 Å². The molecule has 6 heteroatoms. The van der Waals surface area contributed by atoms with Gasteiger partial charge in [0.25, 0.3) is 0 Å². The second-order valence-electron chi connectivity index (χ2n) is 3.42. The molecule has 2 aromatic rings. The number of benzene rings is 1. The van der Waals surface area contributed by atoms with Crippen molar-refractivity contribution in [1.29, 1.82) is 0 Å². The first kappa shape index (κ1) is 12.9. The zero-order valence-corrected chi connectivity index (χ0v) is 10.6. The van der Waals surface area contributed by atoms with Crippen molar-refractivity contribution in [2.75, 3.05) is 0 Å². The lowest BCUT2D eigenvalue weighted by Crippen LogP contribution is -2.01. The van der Waals surface area contributed by atoms with Gasteiger partial charge in [-0.1, -0.05) is 23.7 Å². The van der Waals surface area contributed by atoms with Gasteiger partial charge in [0.15, 0.2) is 4.88 Å². The van der Waals surface area contributed by atoms with Crippen LogP contribution in [0.1, 0.15) is 15.2 Å². The predicted octanol–water partition coefficient (Wildman–Crippen LogP) is 3.82. The summed E-state index contributed by atoms with van der Waals surface area (Å²) in [6.45, 7) is 0.0214. The zero-order chi connectivity index (χ0) is 13.1. The third-order valence-electron chi connectivity index (χ3n) is 2.24. The van der Waals surface area contributed by atoms with Crippen molar-refractivity contribution in [3.05, 3.63) is 50.9 Å². The van der Waals surface area contributed by atoms with Gasteiger partial charge in [-0.05, 0) is 17.5 Å². The number of hydrogen-bond donors (Lipinski definition) is 1. The molecule has 1 heterocycles. The van der Waals surface area contributed by atoms with E-state index in [9.17, 15) is 9.18 Å². The normalized spacial score (nSPS) is 10.3. The summed E-state index contributed by atoms with van der Waals surface area (Å²) < 4.78 is 18.5. The second-order valence-corrected chi connectivity index (χ2v) is 4.71. The number of aromatic carboxylic acids is 1. The Bertz CT molecular complexity index is 582. The third-order valence-corrected chi connectivity index (χ3v) is 3.55. The number of hydrogen-bond acceptors (Lipinski definition) is 3. The van der Waals surface area contributed by atoms with Crippen LogP contribution in [0.2, 0.25) is 5.02 Å². The van der Waals surface area contributed by atoms with Crippen molar-refractivity contribution in [3.8, 4) is 5.75 Å². The van der Waals surface area contributed by atoms with Crippen molar-refractivity contribution in [3.63, 3.8) is 0 Å². The Morgan fingerprint density at radius 1 is 1.44 bits per heavy atom. The molecular weight excluding hydrogens is 279 g/mol. The van der Waals surface area contributed by atoms with Gasteiger partial charge in [0.05, 0.1) is 5.02 Å². The van der Waals surface area contributed by atoms with Crippen molar-refractivity contribution in [2.24, 2.45) is 0 Å². The highest BCUT2D eigenvalue weighted by Crippen LogP contribution is 2.27. The maximum absolute atomic E-state index is 13.2. The lowest BCUT2D eigenvalue weighted by Gasteiger charge is -2.07. The van der Waals surface area contributed by atoms with Crippen LogP contribution >= 0.6 is 22.9 Å². The van der Waals surface area contributed by atoms with Gasteiger partial charge in [-0.2, -0.15) is 0 Å². The number of carboxylic acid groups (broad SMARTS) is 1. The minimum Gasteiger partial charge on any atom is -0.487 e. The minimum atomic E-state index is -1.05. The van der Waals surface area contributed by atoms with Gasteiger partial charge >= 0.3 is 5.97 Å². The molecule has 0 aliphatic heterocycles. The van der Waals surface area contributed by atoms with Crippen LogP contribution in [-0.2, 0) is 6.61 Å². The smallest absolute Gasteiger partial charge is 0.349 e. The van der Waals surface area contributed by atoms with E-state index in [2.05, 4.69) is 0 Å². The number of rotatable bonds is 4. The van der Waals surface area contributed by atoms with Crippen molar-refractivity contribution in [2.45, 2.75) is 6.61 Å². The molecule has 0 amide bonds. The Labute approximate surface area is 111 Å². The van der Waals surface area contributed by atoms with Gasteiger partial charge in [0.2, 0.25) is 0 Å². The summed E-state index contributed by atoms with van der Waals surface area (Å²) in [5.41, 5.74) is 0.471. The Kier molecular flexibility index (Phi) is 3.84. The highest BCUT2D eigenvalue weighted by atomic mass is 35.5. The molecule has 1 aromatic carbocycles. The Morgan fingerprint density at radius 2 is 2.22 bits per heavy atom. The average molecular weight is 287 g/mol. The van der Waals surface area contributed by atoms with Gasteiger partial charge in [-0.15, -0.1) is 11.3 Å². The van der Waals surface area contributed by atoms with Gasteiger partial charge < -0.3 is 9.84 Å². The fourth-order valence-electron chi connectivity index (χ4n) is 1.38. The fraction of sp³-hybridized carbons (Fsp3) is 0.0833. The Morgan fingerprint density at radius 3 is 2.94 bits per heavy atom. The lowest BCUT2D eigenvalue weighted by molar-refractivity contribution is 0.0697. The summed E-state index contributed by atoms with van der Waals surface area (Å²) >= 11 is 6.84. The van der Waals surface area contributed by atoms with E-state index in [1.807, 2.05) is 0 Å². The van der Waals surface area contributed by atoms with Crippen molar-refractivity contribution in [1.82, 2.24) is 0 Å². The first-order valence-electron chi connectivity index (χ1n) is 4.96. The summed E-state index contributed by atoms with van der Waals surface area (Å²) in [6, 6.07) is 5.95. The summed E-state index contributed by atoms with van der Waals surface area (Å²) in [5, 5.41) is 10.5. The average Bonchev–Trinajstić information content (AvgIpc) is 2.79. The number of halogens is 2. The minimum absolute atomic E-state index is 0.00963. The predicted molar refractivity (Wildman–Crippen MR) is 67.0 cm³/mol. The number of carbonyl (C=O) groups is 1. The molecule has 94 valence electrons. The molecule has 1 N–H and O–H groups in total. The lowest BCUT2D eigenvalue weighted by atomic mass is 10.2. The fourth-order valence-corrected chi connectivity index (χ4v) is 2.23. The molecule has 0 saturated heterocycles. The van der Waals surface area contributed by atoms with E-state index in [0.717, 1.165) is 11.3 Å². The van der Waals surface area contributed by atoms with E-state index < -0.39 is 11.8 Å². The van der Waals surface area contributed by atoms with E-state index in [4.69, 9.17) is 21.4 Å². The summed E-state index contributed by atoms with van der Waals surface area (Å²) in [4.78, 5) is 11.0. The molecule has 0 fully saturated rings. The second kappa shape index (κ2) is 5.37. The molecule has 0 atom stereocenters. The molecule has 0 saturated carbocycles. The molecule has 2 rings (SSSR count). The number of thiophene rings is 1. The van der Waals surface area contributed by atoms with E-state index >= 15 is 0 Å². The standard InChI is InChI=1S/C12H8ClFO3S/c13-10-7(2-1-3-8(10)14)6-17-9-4-5-18-11(9)12(15)16/h1-5H,6H2,(H,15,16). The third kappa shape index (κ3) is 2.63. The Balaban J connectivity index is 2.14. The van der Waals surface area contributed by atoms with Crippen LogP contribution in [0, 0.1) is 5.82 Å². The summed E-state index contributed by atoms with van der Waals surface area (Å²) in [5.74, 6) is -1.32. The van der Waals surface area contributed by atoms with Crippen molar-refractivity contribution < 1.29 is 19.0 Å². The van der Waals surface area contributed by atoms with Crippen LogP contribution in [0.15, 0.2) is 29.6 Å². The zero-order valence-electron chi connectivity index (χ0n) is 9.02. The number of carboxylic acids is 1. The molecule has 18 heavy (non-hydrogen) atoms. The SMILES string of the molecule is O=C(O)c1sccc1OCc1cccc(F)c1Cl. The van der Waals surface area contributed by atoms with E-state index in [-0.39, 0.29) is 22.3 Å². The van der Waals surface area contributed by atoms with E-state index in [1.54, 1.807) is 17.5 Å². The summed E-state index contributed by atoms with van der Waals surface area (Å²) in [7, 11) is 0. The molecule has 0 spiro atoms. The van der Waals surface area contributed by atoms with Crippen molar-refractivity contribution >= 4 is 28.9 Å². The molecule has 0 aliphatic carbocycles. The van der Waals surface area contributed by atoms with E-state index in [1.165, 1.54) is 12.1 Å². The molecule has 0 unspecified atom stereocenters. The first-order valence-corrected chi connectivity index (χ1v) is 6.22. The molecular formula is C12H8ClFO3S. The van der Waals surface area contributed by atoms with Gasteiger partial charge in [-0.3, -0.25) is 0 Å². The topological polar surface area (TPSA) is 46.5 Å². The van der Waals surface area contributed by atoms with Crippen LogP contribution in [0.5, 0.6) is 5.75 Å². The molecule has 3 nitrogen and oxygen atoms in total. The summed E-state index contributed by atoms with van der Waals surface area (Å²) in [6.07, 6.45) is 0. The highest BCUT2D eigenvalue weighted by molar-refractivity contribution is 7.12. The highest BCUT2D eigenvalue weighted by Gasteiger charge is 2.14. The maximum Gasteiger partial charge on any atom is 0.349 e. The first-order chi connectivity index (χ1) is 8.59. The van der Waals surface area contributed by atoms with Crippen LogP contribution in [-0.4, -0.2) is 11.1 Å². The van der Waals surface area contributed by atoms with Crippen LogP contribution < -0.4 is 4.74 Å². The van der Waals surface area contributed by atoms with Gasteiger partial charge in [0, 0.05) is 5.56 Å². The van der Waals surface area contributed by atoms with Gasteiger partial charge in [0.1, 0.15) is 18.2 Å². The Hall–Kier alpha value is -1.59. The van der Waals surface area contributed by atoms with Crippen LogP contribution in [0.4, 0.5) is 4.39 Å². The molecule has 0 bridgehead atoms. The molecule has 0 aliphatic rings. The van der Waals surface area contributed by atoms with Gasteiger partial charge in [-0.25, -0.2) is 9.18 Å². The monoisotopic (exact) mass is 286 g/mol. The molecule has 0 radical (unpaired) electrons. The number of ether oxygens (including phenoxy) is 1. The maximum atomic E-state index is 13.2. The molecule has 1 aromatic heterocycles. The van der Waals surface area contributed by atoms with E-state index in [0.29, 0.717) is 5.56 Å². The van der Waals surface area contributed by atoms with Crippen LogP contribution in [0.25, 0.3) is 0 Å². The largest absolute Gasteiger partial charge is 0.487 e. The quantitative estimate of drug-likeness (QED) is 0.929.